The normalized spacial score (nSPS) is 17.0. The molecule has 0 spiro atoms. The van der Waals surface area contributed by atoms with Crippen LogP contribution in [0.2, 0.25) is 0 Å². The Morgan fingerprint density at radius 3 is 2.38 bits per heavy atom. The average molecular weight is 413 g/mol. The number of benzene rings is 2. The molecule has 8 heteroatoms. The van der Waals surface area contributed by atoms with E-state index in [2.05, 4.69) is 10.4 Å². The minimum Gasteiger partial charge on any atom is -0.497 e. The summed E-state index contributed by atoms with van der Waals surface area (Å²) < 4.78 is 3.48. The van der Waals surface area contributed by atoms with Gasteiger partial charge < -0.3 is 10.1 Å². The van der Waals surface area contributed by atoms with Crippen molar-refractivity contribution in [2.75, 3.05) is 12.4 Å². The number of carbonyl (C=O) groups is 1. The van der Waals surface area contributed by atoms with Crippen molar-refractivity contribution in [2.24, 2.45) is 5.10 Å². The summed E-state index contributed by atoms with van der Waals surface area (Å²) in [5, 5.41) is 8.36. The third-order valence-corrected chi connectivity index (χ3v) is 4.70. The molecule has 0 fully saturated rings. The van der Waals surface area contributed by atoms with Gasteiger partial charge in [-0.25, -0.2) is 9.80 Å². The van der Waals surface area contributed by atoms with Gasteiger partial charge in [0.1, 0.15) is 11.8 Å². The molecular weight excluding hydrogens is 397 g/mol. The predicted molar refractivity (Wildman–Crippen MR) is 106 cm³/mol. The average Bonchev–Trinajstić information content (AvgIpc) is 3.09. The summed E-state index contributed by atoms with van der Waals surface area (Å²) >= 11 is 18.3. The number of nitrogens with one attached hydrogen (secondary N) is 1. The molecule has 1 N–H and O–H groups in total. The van der Waals surface area contributed by atoms with Crippen LogP contribution in [-0.4, -0.2) is 33.7 Å². The van der Waals surface area contributed by atoms with E-state index in [-0.39, 0.29) is 0 Å². The second-order valence-electron chi connectivity index (χ2n) is 5.68. The molecule has 3 rings (SSSR count). The van der Waals surface area contributed by atoms with E-state index in [4.69, 9.17) is 39.5 Å². The van der Waals surface area contributed by atoms with Gasteiger partial charge in [0.25, 0.3) is 0 Å². The van der Waals surface area contributed by atoms with Crippen molar-refractivity contribution < 1.29 is 9.53 Å². The number of nitrogens with zero attached hydrogens (tertiary/aromatic N) is 2. The van der Waals surface area contributed by atoms with Gasteiger partial charge in [-0.2, -0.15) is 5.10 Å². The highest BCUT2D eigenvalue weighted by molar-refractivity contribution is 6.68. The molecule has 0 aliphatic carbocycles. The highest BCUT2D eigenvalue weighted by Gasteiger charge is 2.44. The maximum absolute atomic E-state index is 12.7. The first kappa shape index (κ1) is 18.8. The summed E-state index contributed by atoms with van der Waals surface area (Å²) in [5.74, 6) is 0.726. The van der Waals surface area contributed by atoms with Gasteiger partial charge in [0.05, 0.1) is 12.8 Å². The number of alkyl halides is 3. The Morgan fingerprint density at radius 1 is 1.15 bits per heavy atom. The summed E-state index contributed by atoms with van der Waals surface area (Å²) in [6.45, 7) is 0. The second-order valence-corrected chi connectivity index (χ2v) is 8.05. The van der Waals surface area contributed by atoms with E-state index >= 15 is 0 Å². The molecule has 2 aromatic carbocycles. The van der Waals surface area contributed by atoms with Crippen molar-refractivity contribution in [3.63, 3.8) is 0 Å². The number of hydrogen-bond donors (Lipinski definition) is 1. The first-order valence-corrected chi connectivity index (χ1v) is 8.96. The smallest absolute Gasteiger partial charge is 0.342 e. The van der Waals surface area contributed by atoms with Crippen LogP contribution in [0.1, 0.15) is 12.0 Å². The SMILES string of the molecule is COc1ccc(C2=NN(C(=O)Nc3ccccc3)[C@@H](C(Cl)(Cl)Cl)C2)cc1. The second kappa shape index (κ2) is 7.74. The molecule has 1 aliphatic heterocycles. The quantitative estimate of drug-likeness (QED) is 0.715. The molecule has 0 bridgehead atoms. The Morgan fingerprint density at radius 2 is 1.81 bits per heavy atom. The number of halogens is 3. The van der Waals surface area contributed by atoms with Crippen molar-refractivity contribution in [1.82, 2.24) is 5.01 Å². The number of hydrogen-bond acceptors (Lipinski definition) is 3. The number of methoxy groups -OCH3 is 1. The zero-order chi connectivity index (χ0) is 18.7. The van der Waals surface area contributed by atoms with E-state index in [0.29, 0.717) is 17.8 Å². The van der Waals surface area contributed by atoms with Gasteiger partial charge in [0.15, 0.2) is 0 Å². The third-order valence-electron chi connectivity index (χ3n) is 3.94. The fourth-order valence-electron chi connectivity index (χ4n) is 2.61. The Bertz CT molecular complexity index is 805. The van der Waals surface area contributed by atoms with Gasteiger partial charge in [-0.3, -0.25) is 0 Å². The van der Waals surface area contributed by atoms with E-state index in [1.165, 1.54) is 5.01 Å². The maximum Gasteiger partial charge on any atom is 0.342 e. The highest BCUT2D eigenvalue weighted by atomic mass is 35.6. The van der Waals surface area contributed by atoms with Crippen LogP contribution < -0.4 is 10.1 Å². The number of para-hydroxylation sites is 1. The molecule has 136 valence electrons. The maximum atomic E-state index is 12.7. The van der Waals surface area contributed by atoms with Crippen molar-refractivity contribution in [3.8, 4) is 5.75 Å². The van der Waals surface area contributed by atoms with Crippen LogP contribution in [0.15, 0.2) is 59.7 Å². The van der Waals surface area contributed by atoms with E-state index in [1.54, 1.807) is 19.2 Å². The summed E-state index contributed by atoms with van der Waals surface area (Å²) in [6, 6.07) is 15.2. The first-order valence-electron chi connectivity index (χ1n) is 7.82. The number of carbonyl (C=O) groups excluding carboxylic acids is 1. The Hall–Kier alpha value is -1.95. The zero-order valence-electron chi connectivity index (χ0n) is 13.8. The van der Waals surface area contributed by atoms with Crippen molar-refractivity contribution in [2.45, 2.75) is 16.3 Å². The predicted octanol–water partition coefficient (Wildman–Crippen LogP) is 5.08. The lowest BCUT2D eigenvalue weighted by atomic mass is 10.0. The van der Waals surface area contributed by atoms with Crippen molar-refractivity contribution >= 4 is 52.2 Å². The number of anilines is 1. The lowest BCUT2D eigenvalue weighted by Crippen LogP contribution is -2.43. The summed E-state index contributed by atoms with van der Waals surface area (Å²) in [7, 11) is 1.59. The van der Waals surface area contributed by atoms with Crippen LogP contribution in [0.25, 0.3) is 0 Å². The van der Waals surface area contributed by atoms with Crippen molar-refractivity contribution in [1.29, 1.82) is 0 Å². The Balaban J connectivity index is 1.86. The standard InChI is InChI=1S/C18H16Cl3N3O2/c1-26-14-9-7-12(8-10-14)15-11-16(18(19,20)21)24(23-15)17(25)22-13-5-3-2-4-6-13/h2-10,16H,11H2,1H3,(H,22,25)/t16-/m1/s1. The molecule has 0 unspecified atom stereocenters. The fourth-order valence-corrected chi connectivity index (χ4v) is 3.12. The lowest BCUT2D eigenvalue weighted by Gasteiger charge is -2.27. The number of urea groups is 1. The Kier molecular flexibility index (Phi) is 5.61. The van der Waals surface area contributed by atoms with E-state index in [1.807, 2.05) is 42.5 Å². The van der Waals surface area contributed by atoms with Gasteiger partial charge in [-0.15, -0.1) is 0 Å². The largest absolute Gasteiger partial charge is 0.497 e. The zero-order valence-corrected chi connectivity index (χ0v) is 16.1. The number of rotatable bonds is 3. The number of amides is 2. The number of hydrazone groups is 1. The third kappa shape index (κ3) is 4.23. The minimum atomic E-state index is -1.67. The van der Waals surface area contributed by atoms with Gasteiger partial charge in [0, 0.05) is 12.1 Å². The van der Waals surface area contributed by atoms with Gasteiger partial charge in [0.2, 0.25) is 3.79 Å². The molecule has 5 nitrogen and oxygen atoms in total. The summed E-state index contributed by atoms with van der Waals surface area (Å²) in [5.41, 5.74) is 2.13. The minimum absolute atomic E-state index is 0.324. The van der Waals surface area contributed by atoms with Crippen LogP contribution in [0.4, 0.5) is 10.5 Å². The highest BCUT2D eigenvalue weighted by Crippen LogP contribution is 2.39. The molecule has 0 saturated heterocycles. The van der Waals surface area contributed by atoms with Gasteiger partial charge in [-0.05, 0) is 42.0 Å². The molecule has 2 aromatic rings. The van der Waals surface area contributed by atoms with Crippen LogP contribution in [-0.2, 0) is 0 Å². The van der Waals surface area contributed by atoms with Crippen molar-refractivity contribution in [3.05, 3.63) is 60.2 Å². The molecule has 26 heavy (non-hydrogen) atoms. The van der Waals surface area contributed by atoms with Gasteiger partial charge >= 0.3 is 6.03 Å². The van der Waals surface area contributed by atoms with E-state index in [0.717, 1.165) is 11.3 Å². The fraction of sp³-hybridized carbons (Fsp3) is 0.222. The topological polar surface area (TPSA) is 53.9 Å². The molecule has 2 amide bonds. The molecule has 0 aromatic heterocycles. The lowest BCUT2D eigenvalue weighted by molar-refractivity contribution is 0.200. The first-order chi connectivity index (χ1) is 12.4. The summed E-state index contributed by atoms with van der Waals surface area (Å²) in [6.07, 6.45) is 0.324. The van der Waals surface area contributed by atoms with Crippen LogP contribution >= 0.6 is 34.8 Å². The summed E-state index contributed by atoms with van der Waals surface area (Å²) in [4.78, 5) is 12.7. The molecular formula is C18H16Cl3N3O2. The molecule has 1 heterocycles. The Labute approximate surface area is 166 Å². The molecule has 1 atom stereocenters. The van der Waals surface area contributed by atoms with Crippen LogP contribution in [0.3, 0.4) is 0 Å². The molecule has 0 saturated carbocycles. The van der Waals surface area contributed by atoms with E-state index < -0.39 is 15.9 Å². The van der Waals surface area contributed by atoms with Crippen LogP contribution in [0, 0.1) is 0 Å². The van der Waals surface area contributed by atoms with E-state index in [9.17, 15) is 4.79 Å². The number of ether oxygens (including phenoxy) is 1. The molecule has 0 radical (unpaired) electrons. The monoisotopic (exact) mass is 411 g/mol. The van der Waals surface area contributed by atoms with Gasteiger partial charge in [-0.1, -0.05) is 53.0 Å². The van der Waals surface area contributed by atoms with Crippen LogP contribution in [0.5, 0.6) is 5.75 Å². The molecule has 1 aliphatic rings.